The summed E-state index contributed by atoms with van der Waals surface area (Å²) >= 11 is 0. The summed E-state index contributed by atoms with van der Waals surface area (Å²) in [6.45, 7) is 9.26. The molecule has 2 saturated heterocycles. The van der Waals surface area contributed by atoms with E-state index in [1.807, 2.05) is 0 Å². The van der Waals surface area contributed by atoms with E-state index in [-0.39, 0.29) is 35.7 Å². The Morgan fingerprint density at radius 1 is 0.477 bits per heavy atom. The fraction of sp³-hybridized carbons (Fsp3) is 0.941. The molecule has 0 radical (unpaired) electrons. The highest BCUT2D eigenvalue weighted by Gasteiger charge is 2.47. The van der Waals surface area contributed by atoms with Crippen LogP contribution in [0.25, 0.3) is 0 Å². The van der Waals surface area contributed by atoms with E-state index in [9.17, 15) is 9.59 Å². The van der Waals surface area contributed by atoms with E-state index in [1.54, 1.807) is 0 Å². The highest BCUT2D eigenvalue weighted by atomic mass is 16.2. The lowest BCUT2D eigenvalue weighted by Crippen LogP contribution is -2.72. The third-order valence-electron chi connectivity index (χ3n) is 12.2. The van der Waals surface area contributed by atoms with Crippen molar-refractivity contribution in [3.63, 3.8) is 0 Å². The van der Waals surface area contributed by atoms with Gasteiger partial charge in [0, 0.05) is 87.6 Å². The summed E-state index contributed by atoms with van der Waals surface area (Å²) in [6, 6.07) is 3.50. The van der Waals surface area contributed by atoms with Crippen molar-refractivity contribution in [2.24, 2.45) is 23.7 Å². The van der Waals surface area contributed by atoms with Gasteiger partial charge in [0.05, 0.1) is 11.8 Å². The largest absolute Gasteiger partial charge is 0.355 e. The summed E-state index contributed by atoms with van der Waals surface area (Å²) in [5.74, 6) is 1.89. The average Bonchev–Trinajstić information content (AvgIpc) is 3.03. The molecule has 0 spiro atoms. The first-order valence-corrected chi connectivity index (χ1v) is 18.5. The molecule has 10 heteroatoms. The van der Waals surface area contributed by atoms with Crippen LogP contribution in [-0.4, -0.2) is 99.4 Å². The molecule has 2 aliphatic heterocycles. The molecule has 250 valence electrons. The summed E-state index contributed by atoms with van der Waals surface area (Å²) in [4.78, 5) is 26.3. The Labute approximate surface area is 265 Å². The van der Waals surface area contributed by atoms with Gasteiger partial charge in [-0.25, -0.2) is 0 Å². The SMILES string of the molecule is CC1CCCC2NC3CCCC(C(=O)NCCNCCNCCNC(=O)C4CCCC5NC6CCCC(C)C6NC54)C3NC12. The first-order valence-electron chi connectivity index (χ1n) is 18.5. The van der Waals surface area contributed by atoms with Crippen LogP contribution in [0.15, 0.2) is 0 Å². The topological polar surface area (TPSA) is 130 Å². The summed E-state index contributed by atoms with van der Waals surface area (Å²) < 4.78 is 0. The van der Waals surface area contributed by atoms with Crippen LogP contribution in [0.1, 0.15) is 90.9 Å². The lowest BCUT2D eigenvalue weighted by Gasteiger charge is -2.52. The molecule has 44 heavy (non-hydrogen) atoms. The van der Waals surface area contributed by atoms with Gasteiger partial charge in [0.2, 0.25) is 11.8 Å². The van der Waals surface area contributed by atoms with Crippen LogP contribution in [0.3, 0.4) is 0 Å². The highest BCUT2D eigenvalue weighted by Crippen LogP contribution is 2.36. The third-order valence-corrected chi connectivity index (χ3v) is 12.2. The molecule has 0 aromatic carbocycles. The minimum Gasteiger partial charge on any atom is -0.355 e. The van der Waals surface area contributed by atoms with Crippen molar-refractivity contribution in [1.29, 1.82) is 0 Å². The van der Waals surface area contributed by atoms with Crippen LogP contribution < -0.4 is 42.5 Å². The van der Waals surface area contributed by atoms with Gasteiger partial charge in [-0.05, 0) is 63.2 Å². The first kappa shape index (κ1) is 32.6. The number of piperazine rings is 2. The molecule has 2 heterocycles. The van der Waals surface area contributed by atoms with Crippen LogP contribution in [0.2, 0.25) is 0 Å². The van der Waals surface area contributed by atoms with E-state index < -0.39 is 0 Å². The monoisotopic (exact) mass is 614 g/mol. The summed E-state index contributed by atoms with van der Waals surface area (Å²) in [7, 11) is 0. The molecule has 0 aromatic heterocycles. The Balaban J connectivity index is 0.818. The predicted octanol–water partition coefficient (Wildman–Crippen LogP) is 0.973. The summed E-state index contributed by atoms with van der Waals surface area (Å²) in [6.07, 6.45) is 14.3. The predicted molar refractivity (Wildman–Crippen MR) is 175 cm³/mol. The number of carbonyl (C=O) groups is 2. The Morgan fingerprint density at radius 2 is 0.841 bits per heavy atom. The molecule has 0 aromatic rings. The van der Waals surface area contributed by atoms with Crippen LogP contribution in [0.4, 0.5) is 0 Å². The van der Waals surface area contributed by atoms with E-state index in [4.69, 9.17) is 0 Å². The van der Waals surface area contributed by atoms with E-state index in [0.717, 1.165) is 51.9 Å². The second-order valence-electron chi connectivity index (χ2n) is 15.2. The van der Waals surface area contributed by atoms with Crippen LogP contribution in [0.5, 0.6) is 0 Å². The van der Waals surface area contributed by atoms with Crippen LogP contribution in [-0.2, 0) is 9.59 Å². The van der Waals surface area contributed by atoms with Gasteiger partial charge in [-0.3, -0.25) is 9.59 Å². The maximum absolute atomic E-state index is 13.2. The molecule has 10 nitrogen and oxygen atoms in total. The second kappa shape index (κ2) is 15.5. The maximum Gasteiger partial charge on any atom is 0.224 e. The van der Waals surface area contributed by atoms with Crippen molar-refractivity contribution in [3.05, 3.63) is 0 Å². The zero-order valence-electron chi connectivity index (χ0n) is 27.5. The Bertz CT molecular complexity index is 878. The minimum atomic E-state index is 0.0607. The van der Waals surface area contributed by atoms with Gasteiger partial charge in [0.15, 0.2) is 0 Å². The standard InChI is InChI=1S/C34H62N8O2/c1-21-7-3-11-25-29(21)41-31-23(9-5-13-27(31)39-25)33(43)37-19-17-35-15-16-36-18-20-38-34(44)24-10-6-14-28-32(24)42-30-22(2)8-4-12-26(30)40-28/h21-32,35-36,39-42H,3-20H2,1-2H3,(H,37,43)(H,38,44). The van der Waals surface area contributed by atoms with Gasteiger partial charge in [0.1, 0.15) is 0 Å². The third kappa shape index (κ3) is 7.63. The van der Waals surface area contributed by atoms with Crippen molar-refractivity contribution < 1.29 is 9.59 Å². The van der Waals surface area contributed by atoms with Crippen molar-refractivity contribution in [2.75, 3.05) is 39.3 Å². The average molecular weight is 615 g/mol. The van der Waals surface area contributed by atoms with Crippen molar-refractivity contribution in [2.45, 2.75) is 139 Å². The molecule has 8 N–H and O–H groups in total. The smallest absolute Gasteiger partial charge is 0.224 e. The van der Waals surface area contributed by atoms with Crippen molar-refractivity contribution in [3.8, 4) is 0 Å². The van der Waals surface area contributed by atoms with Gasteiger partial charge in [-0.1, -0.05) is 39.5 Å². The van der Waals surface area contributed by atoms with E-state index >= 15 is 0 Å². The van der Waals surface area contributed by atoms with E-state index in [2.05, 4.69) is 56.4 Å². The number of rotatable bonds is 11. The number of fused-ring (bicyclic) bond motifs is 4. The molecule has 2 amide bonds. The van der Waals surface area contributed by atoms with Gasteiger partial charge in [0.25, 0.3) is 0 Å². The molecule has 4 aliphatic carbocycles. The molecule has 0 bridgehead atoms. The molecule has 6 aliphatic rings. The van der Waals surface area contributed by atoms with E-state index in [0.29, 0.717) is 61.2 Å². The normalized spacial score (nSPS) is 41.8. The van der Waals surface area contributed by atoms with Gasteiger partial charge >= 0.3 is 0 Å². The number of carbonyl (C=O) groups excluding carboxylic acids is 2. The molecular weight excluding hydrogens is 552 g/mol. The number of hydrogen-bond donors (Lipinski definition) is 8. The van der Waals surface area contributed by atoms with Crippen molar-refractivity contribution >= 4 is 11.8 Å². The maximum atomic E-state index is 13.2. The summed E-state index contributed by atoms with van der Waals surface area (Å²) in [5, 5.41) is 29.1. The summed E-state index contributed by atoms with van der Waals surface area (Å²) in [5.41, 5.74) is 0. The Kier molecular flexibility index (Phi) is 11.5. The first-order chi connectivity index (χ1) is 21.5. The van der Waals surface area contributed by atoms with Gasteiger partial charge in [-0.2, -0.15) is 0 Å². The van der Waals surface area contributed by atoms with Crippen LogP contribution >= 0.6 is 0 Å². The minimum absolute atomic E-state index is 0.0607. The van der Waals surface area contributed by atoms with Crippen LogP contribution in [0, 0.1) is 23.7 Å². The van der Waals surface area contributed by atoms with Gasteiger partial charge in [-0.15, -0.1) is 0 Å². The fourth-order valence-electron chi connectivity index (χ4n) is 9.82. The zero-order valence-corrected chi connectivity index (χ0v) is 27.5. The zero-order chi connectivity index (χ0) is 30.5. The Morgan fingerprint density at radius 3 is 1.27 bits per heavy atom. The lowest BCUT2D eigenvalue weighted by molar-refractivity contribution is -0.128. The molecule has 12 atom stereocenters. The fourth-order valence-corrected chi connectivity index (χ4v) is 9.82. The molecule has 6 fully saturated rings. The number of hydrogen-bond acceptors (Lipinski definition) is 8. The number of amides is 2. The van der Waals surface area contributed by atoms with E-state index in [1.165, 1.54) is 51.4 Å². The molecule has 12 unspecified atom stereocenters. The second-order valence-corrected chi connectivity index (χ2v) is 15.2. The van der Waals surface area contributed by atoms with Crippen molar-refractivity contribution in [1.82, 2.24) is 42.5 Å². The van der Waals surface area contributed by atoms with Gasteiger partial charge < -0.3 is 42.5 Å². The Hall–Kier alpha value is -1.30. The molecule has 4 saturated carbocycles. The molecule has 6 rings (SSSR count). The number of nitrogens with one attached hydrogen (secondary N) is 8. The molecular formula is C34H62N8O2. The quantitative estimate of drug-likeness (QED) is 0.162. The lowest BCUT2D eigenvalue weighted by atomic mass is 9.73. The highest BCUT2D eigenvalue weighted by molar-refractivity contribution is 5.80.